The number of aliphatic hydroxyl groups excluding tert-OH is 1. The fourth-order valence-electron chi connectivity index (χ4n) is 5.30. The maximum absolute atomic E-state index is 14.0. The third-order valence-corrected chi connectivity index (χ3v) is 7.74. The van der Waals surface area contributed by atoms with Crippen LogP contribution in [0.4, 0.5) is 17.1 Å². The molecule has 0 saturated carbocycles. The first-order valence-corrected chi connectivity index (χ1v) is 14.4. The number of rotatable bonds is 12. The molecule has 0 aliphatic carbocycles. The Morgan fingerprint density at radius 3 is 2.70 bits per heavy atom. The Hall–Kier alpha value is -5.00. The molecule has 2 amide bonds. The number of nitrogens with one attached hydrogen (secondary N) is 1. The second kappa shape index (κ2) is 13.1. The molecule has 5 N–H and O–H groups in total. The monoisotopic (exact) mass is 596 g/mol. The van der Waals surface area contributed by atoms with Crippen molar-refractivity contribution in [2.45, 2.75) is 38.5 Å². The quantitative estimate of drug-likeness (QED) is 0.143. The summed E-state index contributed by atoms with van der Waals surface area (Å²) in [6.07, 6.45) is 6.60. The van der Waals surface area contributed by atoms with E-state index in [0.29, 0.717) is 53.3 Å². The highest BCUT2D eigenvalue weighted by Gasteiger charge is 2.52. The molecule has 0 radical (unpaired) electrons. The minimum absolute atomic E-state index is 0.0124. The van der Waals surface area contributed by atoms with Crippen molar-refractivity contribution in [2.75, 3.05) is 29.7 Å². The van der Waals surface area contributed by atoms with E-state index in [1.807, 2.05) is 37.3 Å². The van der Waals surface area contributed by atoms with Crippen LogP contribution >= 0.6 is 0 Å². The number of fused-ring (bicyclic) bond motifs is 1. The summed E-state index contributed by atoms with van der Waals surface area (Å²) < 4.78 is 7.12. The molecule has 1 aliphatic heterocycles. The molecule has 44 heavy (non-hydrogen) atoms. The summed E-state index contributed by atoms with van der Waals surface area (Å²) in [6, 6.07) is 19.2. The topological polar surface area (TPSA) is 156 Å². The van der Waals surface area contributed by atoms with Crippen LogP contribution in [0.1, 0.15) is 40.5 Å². The number of methoxy groups -OCH3 is 1. The number of anilines is 3. The Balaban J connectivity index is 1.33. The molecule has 0 spiro atoms. The highest BCUT2D eigenvalue weighted by atomic mass is 16.5. The molecule has 0 fully saturated rings. The maximum Gasteiger partial charge on any atom is 0.264 e. The first-order chi connectivity index (χ1) is 21.2. The van der Waals surface area contributed by atoms with E-state index in [4.69, 9.17) is 15.6 Å². The minimum Gasteiger partial charge on any atom is -0.497 e. The van der Waals surface area contributed by atoms with E-state index < -0.39 is 17.4 Å². The fourth-order valence-corrected chi connectivity index (χ4v) is 5.30. The Labute approximate surface area is 255 Å². The van der Waals surface area contributed by atoms with Crippen molar-refractivity contribution >= 4 is 28.9 Å². The molecule has 1 aromatic heterocycles. The lowest BCUT2D eigenvalue weighted by Crippen LogP contribution is -2.44. The van der Waals surface area contributed by atoms with Crippen LogP contribution in [0.2, 0.25) is 0 Å². The van der Waals surface area contributed by atoms with Crippen molar-refractivity contribution in [3.63, 3.8) is 0 Å². The fraction of sp³-hybridized carbons (Fsp3) is 0.273. The lowest BCUT2D eigenvalue weighted by molar-refractivity contribution is -0.139. The molecule has 0 unspecified atom stereocenters. The normalized spacial score (nSPS) is 16.7. The molecule has 0 saturated heterocycles. The molecule has 2 heterocycles. The number of aliphatic hydroxyl groups is 2. The first-order valence-electron chi connectivity index (χ1n) is 14.4. The second-order valence-corrected chi connectivity index (χ2v) is 10.8. The van der Waals surface area contributed by atoms with Gasteiger partial charge in [0.15, 0.2) is 5.60 Å². The van der Waals surface area contributed by atoms with Crippen LogP contribution in [0.3, 0.4) is 0 Å². The van der Waals surface area contributed by atoms with Gasteiger partial charge in [-0.3, -0.25) is 14.3 Å². The van der Waals surface area contributed by atoms with Crippen LogP contribution in [0.5, 0.6) is 5.75 Å². The van der Waals surface area contributed by atoms with Gasteiger partial charge in [-0.05, 0) is 66.6 Å². The molecular formula is C33H36N6O5. The number of nitrogens with zero attached hydrogens (tertiary/aromatic N) is 4. The van der Waals surface area contributed by atoms with Crippen molar-refractivity contribution in [2.24, 2.45) is 5.92 Å². The summed E-state index contributed by atoms with van der Waals surface area (Å²) in [5, 5.41) is 32.1. The largest absolute Gasteiger partial charge is 0.497 e. The number of nitrogen functional groups attached to an aromatic ring is 1. The van der Waals surface area contributed by atoms with Gasteiger partial charge < -0.3 is 30.9 Å². The van der Waals surface area contributed by atoms with E-state index in [9.17, 15) is 14.7 Å². The molecule has 11 heteroatoms. The lowest BCUT2D eigenvalue weighted by Gasteiger charge is -2.28. The van der Waals surface area contributed by atoms with E-state index in [-0.39, 0.29) is 19.1 Å². The van der Waals surface area contributed by atoms with Crippen molar-refractivity contribution in [1.29, 1.82) is 0 Å². The number of carbonyl (C=O) groups excluding carboxylic acids is 2. The molecular weight excluding hydrogens is 560 g/mol. The van der Waals surface area contributed by atoms with E-state index >= 15 is 0 Å². The Kier molecular flexibility index (Phi) is 9.07. The molecule has 3 aromatic carbocycles. The maximum atomic E-state index is 14.0. The average molecular weight is 597 g/mol. The number of carbonyl (C=O) groups is 2. The Bertz CT molecular complexity index is 1670. The predicted molar refractivity (Wildman–Crippen MR) is 167 cm³/mol. The van der Waals surface area contributed by atoms with E-state index in [0.717, 1.165) is 11.3 Å². The minimum atomic E-state index is -1.82. The highest BCUT2D eigenvalue weighted by molar-refractivity contribution is 6.07. The van der Waals surface area contributed by atoms with Crippen molar-refractivity contribution in [1.82, 2.24) is 15.0 Å². The number of hydrogen-bond donors (Lipinski definition) is 4. The number of ether oxygens (including phenoxy) is 1. The van der Waals surface area contributed by atoms with Crippen molar-refractivity contribution in [3.05, 3.63) is 107 Å². The molecule has 4 aromatic rings. The summed E-state index contributed by atoms with van der Waals surface area (Å²) in [5.41, 5.74) is 8.09. The number of amides is 2. The second-order valence-electron chi connectivity index (χ2n) is 10.8. The van der Waals surface area contributed by atoms with Gasteiger partial charge in [0.1, 0.15) is 5.75 Å². The van der Waals surface area contributed by atoms with Gasteiger partial charge in [0, 0.05) is 54.2 Å². The van der Waals surface area contributed by atoms with Gasteiger partial charge in [0.2, 0.25) is 0 Å². The Morgan fingerprint density at radius 1 is 1.16 bits per heavy atom. The number of aryl methyl sites for hydroxylation is 1. The summed E-state index contributed by atoms with van der Waals surface area (Å²) in [7, 11) is 1.54. The molecule has 228 valence electrons. The van der Waals surface area contributed by atoms with Crippen LogP contribution in [0, 0.1) is 5.92 Å². The highest BCUT2D eigenvalue weighted by Crippen LogP contribution is 2.47. The van der Waals surface area contributed by atoms with Crippen LogP contribution < -0.4 is 20.7 Å². The molecule has 5 rings (SSSR count). The molecule has 1 aliphatic rings. The zero-order chi connectivity index (χ0) is 31.3. The van der Waals surface area contributed by atoms with E-state index in [2.05, 4.69) is 15.6 Å². The first kappa shape index (κ1) is 30.5. The van der Waals surface area contributed by atoms with Gasteiger partial charge in [0.25, 0.3) is 11.8 Å². The lowest BCUT2D eigenvalue weighted by atomic mass is 9.83. The average Bonchev–Trinajstić information content (AvgIpc) is 3.56. The van der Waals surface area contributed by atoms with Crippen molar-refractivity contribution < 1.29 is 24.5 Å². The number of allylic oxidation sites excluding steroid dienone is 1. The van der Waals surface area contributed by atoms with Gasteiger partial charge in [-0.25, -0.2) is 0 Å². The smallest absolute Gasteiger partial charge is 0.264 e. The Morgan fingerprint density at radius 2 is 1.95 bits per heavy atom. The van der Waals surface area contributed by atoms with Gasteiger partial charge >= 0.3 is 0 Å². The molecule has 0 bridgehead atoms. The standard InChI is InChI=1S/C33H36N6O5/c1-22(6-3-4-16-38-21-27(15-17-40)36-37-38)33(43)29-19-28(44-2)13-14-30(29)39(32(33)42)20-23-7-5-8-26(18-23)35-31(41)24-9-11-25(34)12-10-24/h3,5-14,18-19,21-22,40,43H,4,15-17,20,34H2,1-2H3,(H,35,41)/b6-3+/t22-,33+/m0/s1. The van der Waals surface area contributed by atoms with Gasteiger partial charge in [-0.2, -0.15) is 0 Å². The molecule has 2 atom stereocenters. The van der Waals surface area contributed by atoms with E-state index in [1.54, 1.807) is 71.4 Å². The van der Waals surface area contributed by atoms with Crippen LogP contribution in [0.15, 0.2) is 85.1 Å². The summed E-state index contributed by atoms with van der Waals surface area (Å²) in [4.78, 5) is 28.3. The van der Waals surface area contributed by atoms with Gasteiger partial charge in [-0.15, -0.1) is 5.10 Å². The summed E-state index contributed by atoms with van der Waals surface area (Å²) >= 11 is 0. The van der Waals surface area contributed by atoms with Gasteiger partial charge in [0.05, 0.1) is 25.0 Å². The van der Waals surface area contributed by atoms with Crippen molar-refractivity contribution in [3.8, 4) is 5.75 Å². The number of benzene rings is 3. The zero-order valence-electron chi connectivity index (χ0n) is 24.7. The predicted octanol–water partition coefficient (Wildman–Crippen LogP) is 3.67. The van der Waals surface area contributed by atoms with E-state index in [1.165, 1.54) is 0 Å². The third-order valence-electron chi connectivity index (χ3n) is 7.74. The van der Waals surface area contributed by atoms with Crippen LogP contribution in [0.25, 0.3) is 0 Å². The van der Waals surface area contributed by atoms with Gasteiger partial charge in [-0.1, -0.05) is 36.4 Å². The SMILES string of the molecule is COc1ccc2c(c1)[C@](O)([C@@H](C)/C=C/CCn1cc(CCO)nn1)C(=O)N2Cc1cccc(NC(=O)c2ccc(N)cc2)c1. The summed E-state index contributed by atoms with van der Waals surface area (Å²) in [5.74, 6) is -0.747. The third kappa shape index (κ3) is 6.34. The number of nitrogens with two attached hydrogens (primary N) is 1. The summed E-state index contributed by atoms with van der Waals surface area (Å²) in [6.45, 7) is 2.57. The molecule has 11 nitrogen and oxygen atoms in total. The van der Waals surface area contributed by atoms with Crippen LogP contribution in [-0.2, 0) is 29.9 Å². The zero-order valence-corrected chi connectivity index (χ0v) is 24.7. The number of aromatic nitrogens is 3. The number of hydrogen-bond acceptors (Lipinski definition) is 8. The van der Waals surface area contributed by atoms with Crippen LogP contribution in [-0.4, -0.2) is 50.7 Å².